The van der Waals surface area contributed by atoms with E-state index < -0.39 is 11.6 Å². The molecule has 0 spiro atoms. The summed E-state index contributed by atoms with van der Waals surface area (Å²) in [6, 6.07) is 30.3. The van der Waals surface area contributed by atoms with Crippen molar-refractivity contribution in [3.8, 4) is 17.0 Å². The Balaban J connectivity index is 1.43. The van der Waals surface area contributed by atoms with Crippen molar-refractivity contribution in [2.75, 3.05) is 5.32 Å². The molecule has 4 aromatic carbocycles. The topological polar surface area (TPSA) is 95.6 Å². The zero-order valence-corrected chi connectivity index (χ0v) is 19.8. The normalized spacial score (nSPS) is 16.5. The van der Waals surface area contributed by atoms with Crippen LogP contribution in [0.5, 0.6) is 5.75 Å². The highest BCUT2D eigenvalue weighted by atomic mass is 17.1. The highest BCUT2D eigenvalue weighted by molar-refractivity contribution is 5.87. The smallest absolute Gasteiger partial charge is 0.394 e. The minimum absolute atomic E-state index is 0.105. The molecule has 0 unspecified atom stereocenters. The lowest BCUT2D eigenvalue weighted by atomic mass is 9.99. The van der Waals surface area contributed by atoms with Gasteiger partial charge >= 0.3 is 17.5 Å². The van der Waals surface area contributed by atoms with Crippen LogP contribution in [0.2, 0.25) is 0 Å². The standard InChI is InChI=1S/C30H23N3O4/c34-25-14-12-23(13-15-25)27-19-33-28(26(31-27)17-20-6-2-1-3-7-20)32-30(37-36,29(33)35)18-21-10-11-22-8-4-5-9-24(22)16-21/h1-16,19,34,36H,17-18H2/p+1/t30-/m0/s1. The molecule has 0 saturated carbocycles. The molecule has 0 saturated heterocycles. The summed E-state index contributed by atoms with van der Waals surface area (Å²) in [6.07, 6.45) is 2.20. The van der Waals surface area contributed by atoms with Crippen LogP contribution in [0.4, 0.5) is 5.82 Å². The molecule has 1 atom stereocenters. The molecule has 5 aromatic rings. The van der Waals surface area contributed by atoms with Gasteiger partial charge in [0.1, 0.15) is 23.3 Å². The van der Waals surface area contributed by atoms with Gasteiger partial charge in [0.05, 0.1) is 6.42 Å². The van der Waals surface area contributed by atoms with Crippen molar-refractivity contribution in [2.45, 2.75) is 18.6 Å². The van der Waals surface area contributed by atoms with Crippen molar-refractivity contribution in [3.05, 3.63) is 120 Å². The highest BCUT2D eigenvalue weighted by Crippen LogP contribution is 2.31. The Bertz CT molecular complexity index is 1620. The number of benzene rings is 4. The first kappa shape index (κ1) is 22.8. The van der Waals surface area contributed by atoms with Gasteiger partial charge in [-0.2, -0.15) is 9.45 Å². The summed E-state index contributed by atoms with van der Waals surface area (Å²) in [4.78, 5) is 23.6. The van der Waals surface area contributed by atoms with Gasteiger partial charge in [0.25, 0.3) is 0 Å². The minimum atomic E-state index is -1.71. The van der Waals surface area contributed by atoms with Crippen LogP contribution >= 0.6 is 0 Å². The average Bonchev–Trinajstić information content (AvgIpc) is 3.21. The van der Waals surface area contributed by atoms with E-state index in [2.05, 4.69) is 5.32 Å². The van der Waals surface area contributed by atoms with E-state index in [1.165, 1.54) is 4.57 Å². The fourth-order valence-electron chi connectivity index (χ4n) is 4.82. The quantitative estimate of drug-likeness (QED) is 0.177. The van der Waals surface area contributed by atoms with Gasteiger partial charge in [0.2, 0.25) is 0 Å². The van der Waals surface area contributed by atoms with Gasteiger partial charge in [-0.05, 0) is 46.2 Å². The van der Waals surface area contributed by atoms with Crippen molar-refractivity contribution in [2.24, 2.45) is 0 Å². The number of nitrogens with one attached hydrogen (secondary N) is 1. The summed E-state index contributed by atoms with van der Waals surface area (Å²) in [7, 11) is 0. The Morgan fingerprint density at radius 3 is 2.35 bits per heavy atom. The van der Waals surface area contributed by atoms with Gasteiger partial charge in [-0.25, -0.2) is 20.4 Å². The molecule has 0 fully saturated rings. The molecular weight excluding hydrogens is 466 g/mol. The molecule has 0 aliphatic carbocycles. The first-order valence-electron chi connectivity index (χ1n) is 12.0. The molecule has 7 heteroatoms. The van der Waals surface area contributed by atoms with Crippen LogP contribution in [0.3, 0.4) is 0 Å². The van der Waals surface area contributed by atoms with Crippen molar-refractivity contribution in [1.82, 2.24) is 4.98 Å². The van der Waals surface area contributed by atoms with E-state index in [9.17, 15) is 15.2 Å². The van der Waals surface area contributed by atoms with Gasteiger partial charge in [-0.1, -0.05) is 72.8 Å². The predicted molar refractivity (Wildman–Crippen MR) is 139 cm³/mol. The number of carbonyl (C=O) groups excluding carboxylic acids is 1. The number of hydrogen-bond acceptors (Lipinski definition) is 6. The summed E-state index contributed by atoms with van der Waals surface area (Å²) in [5.41, 5.74) is 2.07. The molecule has 182 valence electrons. The molecule has 6 rings (SSSR count). The van der Waals surface area contributed by atoms with Crippen LogP contribution in [-0.2, 0) is 17.7 Å². The summed E-state index contributed by atoms with van der Waals surface area (Å²) in [5.74, 6) is 0.156. The third-order valence-electron chi connectivity index (χ3n) is 6.71. The highest BCUT2D eigenvalue weighted by Gasteiger charge is 2.57. The maximum atomic E-state index is 13.8. The molecule has 0 radical (unpaired) electrons. The molecule has 1 aliphatic rings. The number of aromatic nitrogens is 2. The second-order valence-electron chi connectivity index (χ2n) is 9.21. The number of anilines is 1. The van der Waals surface area contributed by atoms with E-state index in [0.29, 0.717) is 23.6 Å². The molecule has 0 bridgehead atoms. The largest absolute Gasteiger partial charge is 0.508 e. The van der Waals surface area contributed by atoms with Gasteiger partial charge in [-0.3, -0.25) is 0 Å². The zero-order valence-electron chi connectivity index (χ0n) is 19.8. The molecular formula is C30H24N3O4+. The Hall–Kier alpha value is -4.59. The number of fused-ring (bicyclic) bond motifs is 2. The Labute approximate surface area is 213 Å². The van der Waals surface area contributed by atoms with Crippen molar-refractivity contribution in [3.63, 3.8) is 0 Å². The van der Waals surface area contributed by atoms with Crippen molar-refractivity contribution in [1.29, 1.82) is 0 Å². The first-order valence-corrected chi connectivity index (χ1v) is 12.0. The maximum absolute atomic E-state index is 13.8. The number of nitrogens with zero attached hydrogens (tertiary/aromatic N) is 2. The van der Waals surface area contributed by atoms with Crippen LogP contribution < -0.4 is 9.88 Å². The third kappa shape index (κ3) is 4.20. The lowest BCUT2D eigenvalue weighted by Gasteiger charge is -2.18. The predicted octanol–water partition coefficient (Wildman–Crippen LogP) is 4.98. The van der Waals surface area contributed by atoms with E-state index in [-0.39, 0.29) is 12.2 Å². The Morgan fingerprint density at radius 1 is 0.865 bits per heavy atom. The summed E-state index contributed by atoms with van der Waals surface area (Å²) >= 11 is 0. The maximum Gasteiger partial charge on any atom is 0.394 e. The second kappa shape index (κ2) is 9.13. The molecule has 2 heterocycles. The Morgan fingerprint density at radius 2 is 1.59 bits per heavy atom. The average molecular weight is 491 g/mol. The third-order valence-corrected chi connectivity index (χ3v) is 6.71. The number of hydrogen-bond donors (Lipinski definition) is 3. The molecule has 3 N–H and O–H groups in total. The van der Waals surface area contributed by atoms with Gasteiger partial charge < -0.3 is 5.11 Å². The number of phenols is 1. The monoisotopic (exact) mass is 490 g/mol. The fourth-order valence-corrected chi connectivity index (χ4v) is 4.82. The minimum Gasteiger partial charge on any atom is -0.508 e. The SMILES string of the molecule is O=C1[n+]2cc(-c3ccc(O)cc3)nc(Cc3ccccc3)c2N[C@@]1(Cc1ccc2ccccc2c1)OO. The molecule has 37 heavy (non-hydrogen) atoms. The van der Waals surface area contributed by atoms with Crippen LogP contribution in [0.15, 0.2) is 103 Å². The summed E-state index contributed by atoms with van der Waals surface area (Å²) < 4.78 is 1.46. The van der Waals surface area contributed by atoms with Crippen molar-refractivity contribution < 1.29 is 24.6 Å². The van der Waals surface area contributed by atoms with Crippen molar-refractivity contribution >= 4 is 22.5 Å². The van der Waals surface area contributed by atoms with Crippen LogP contribution in [0, 0.1) is 0 Å². The van der Waals surface area contributed by atoms with Gasteiger partial charge in [0, 0.05) is 12.0 Å². The summed E-state index contributed by atoms with van der Waals surface area (Å²) in [6.45, 7) is 0. The fraction of sp³-hybridized carbons (Fsp3) is 0.100. The van der Waals surface area contributed by atoms with Gasteiger partial charge in [-0.15, -0.1) is 0 Å². The van der Waals surface area contributed by atoms with E-state index in [4.69, 9.17) is 9.87 Å². The number of aromatic hydroxyl groups is 1. The van der Waals surface area contributed by atoms with E-state index >= 15 is 0 Å². The first-order chi connectivity index (χ1) is 18.0. The zero-order chi connectivity index (χ0) is 25.4. The van der Waals surface area contributed by atoms with E-state index in [1.54, 1.807) is 30.5 Å². The van der Waals surface area contributed by atoms with Gasteiger partial charge in [0.15, 0.2) is 0 Å². The number of rotatable bonds is 6. The van der Waals surface area contributed by atoms with Crippen LogP contribution in [-0.4, -0.2) is 27.0 Å². The molecule has 1 aliphatic heterocycles. The molecule has 0 amide bonds. The van der Waals surface area contributed by atoms with Crippen LogP contribution in [0.1, 0.15) is 21.6 Å². The summed E-state index contributed by atoms with van der Waals surface area (Å²) in [5, 5.41) is 25.1. The number of carbonyl (C=O) groups is 1. The van der Waals surface area contributed by atoms with Crippen LogP contribution in [0.25, 0.3) is 22.0 Å². The molecule has 1 aromatic heterocycles. The van der Waals surface area contributed by atoms with E-state index in [0.717, 1.165) is 27.5 Å². The van der Waals surface area contributed by atoms with E-state index in [1.807, 2.05) is 72.8 Å². The lowest BCUT2D eigenvalue weighted by Crippen LogP contribution is -2.54. The number of phenolic OH excluding ortho intramolecular Hbond substituents is 1. The Kier molecular flexibility index (Phi) is 5.64. The molecule has 7 nitrogen and oxygen atoms in total. The second-order valence-corrected chi connectivity index (χ2v) is 9.21. The lowest BCUT2D eigenvalue weighted by molar-refractivity contribution is -0.558.